The van der Waals surface area contributed by atoms with Gasteiger partial charge in [0.2, 0.25) is 0 Å². The van der Waals surface area contributed by atoms with Crippen molar-refractivity contribution < 1.29 is 14.6 Å². The fraction of sp³-hybridized carbons (Fsp3) is 0.154. The van der Waals surface area contributed by atoms with Gasteiger partial charge in [-0.2, -0.15) is 18.3 Å². The standard InChI is InChI=1S/C13H9F3N4.H2/c1-7-17-4-8(5-18-7)10-2-9(13(14,15)16)3-12-11(10)6-19-20-12;/h2-6H,1H3,(H,19,20);1H. The van der Waals surface area contributed by atoms with Crippen LogP contribution in [-0.2, 0) is 6.18 Å². The van der Waals surface area contributed by atoms with E-state index < -0.39 is 11.7 Å². The first kappa shape index (κ1) is 12.6. The molecule has 0 atom stereocenters. The molecule has 0 radical (unpaired) electrons. The van der Waals surface area contributed by atoms with Gasteiger partial charge in [0.05, 0.1) is 17.3 Å². The van der Waals surface area contributed by atoms with Gasteiger partial charge in [0.25, 0.3) is 0 Å². The number of aryl methyl sites for hydroxylation is 1. The molecule has 0 spiro atoms. The second-order valence-electron chi connectivity index (χ2n) is 4.37. The van der Waals surface area contributed by atoms with Crippen molar-refractivity contribution in [1.29, 1.82) is 0 Å². The van der Waals surface area contributed by atoms with E-state index in [1.807, 2.05) is 0 Å². The van der Waals surface area contributed by atoms with E-state index in [9.17, 15) is 13.2 Å². The number of hydrogen-bond acceptors (Lipinski definition) is 3. The van der Waals surface area contributed by atoms with Crippen LogP contribution >= 0.6 is 0 Å². The van der Waals surface area contributed by atoms with Gasteiger partial charge in [0.1, 0.15) is 5.82 Å². The predicted octanol–water partition coefficient (Wildman–Crippen LogP) is 3.59. The smallest absolute Gasteiger partial charge is 0.278 e. The molecular formula is C13H11F3N4. The zero-order valence-corrected chi connectivity index (χ0v) is 10.4. The molecule has 2 heterocycles. The Kier molecular flexibility index (Phi) is 2.70. The quantitative estimate of drug-likeness (QED) is 0.741. The van der Waals surface area contributed by atoms with Gasteiger partial charge in [-0.25, -0.2) is 9.97 Å². The first-order chi connectivity index (χ1) is 9.45. The maximum Gasteiger partial charge on any atom is 0.416 e. The van der Waals surface area contributed by atoms with Gasteiger partial charge >= 0.3 is 6.18 Å². The predicted molar refractivity (Wildman–Crippen MR) is 69.0 cm³/mol. The zero-order valence-electron chi connectivity index (χ0n) is 10.4. The van der Waals surface area contributed by atoms with Crippen molar-refractivity contribution in [3.05, 3.63) is 42.1 Å². The molecule has 0 aliphatic carbocycles. The number of fused-ring (bicyclic) bond motifs is 1. The molecule has 1 N–H and O–H groups in total. The number of halogens is 3. The molecule has 104 valence electrons. The van der Waals surface area contributed by atoms with Crippen molar-refractivity contribution in [2.45, 2.75) is 13.1 Å². The third kappa shape index (κ3) is 2.11. The number of nitrogens with zero attached hydrogens (tertiary/aromatic N) is 3. The molecule has 0 saturated heterocycles. The van der Waals surface area contributed by atoms with Crippen molar-refractivity contribution in [1.82, 2.24) is 20.2 Å². The third-order valence-corrected chi connectivity index (χ3v) is 2.98. The van der Waals surface area contributed by atoms with Crippen molar-refractivity contribution in [3.63, 3.8) is 0 Å². The molecule has 3 aromatic rings. The van der Waals surface area contributed by atoms with E-state index in [0.717, 1.165) is 12.1 Å². The Labute approximate surface area is 113 Å². The molecule has 3 rings (SSSR count). The van der Waals surface area contributed by atoms with Crippen LogP contribution in [-0.4, -0.2) is 20.2 Å². The number of aromatic amines is 1. The van der Waals surface area contributed by atoms with Gasteiger partial charge in [-0.3, -0.25) is 5.10 Å². The molecule has 1 aromatic carbocycles. The number of nitrogens with one attached hydrogen (secondary N) is 1. The Hall–Kier alpha value is -2.44. The van der Waals surface area contributed by atoms with E-state index in [-0.39, 0.29) is 1.43 Å². The first-order valence-corrected chi connectivity index (χ1v) is 5.78. The van der Waals surface area contributed by atoms with E-state index in [4.69, 9.17) is 0 Å². The molecule has 0 aliphatic rings. The summed E-state index contributed by atoms with van der Waals surface area (Å²) in [6, 6.07) is 2.13. The van der Waals surface area contributed by atoms with E-state index in [1.54, 1.807) is 6.92 Å². The van der Waals surface area contributed by atoms with E-state index in [2.05, 4.69) is 20.2 Å². The van der Waals surface area contributed by atoms with Gasteiger partial charge in [-0.15, -0.1) is 0 Å². The summed E-state index contributed by atoms with van der Waals surface area (Å²) in [6.07, 6.45) is 0.0821. The normalized spacial score (nSPS) is 12.0. The molecule has 0 fully saturated rings. The largest absolute Gasteiger partial charge is 0.416 e. The Morgan fingerprint density at radius 3 is 2.45 bits per heavy atom. The minimum atomic E-state index is -4.42. The topological polar surface area (TPSA) is 54.5 Å². The summed E-state index contributed by atoms with van der Waals surface area (Å²) in [5.41, 5.74) is 0.525. The van der Waals surface area contributed by atoms with Crippen LogP contribution in [0, 0.1) is 6.92 Å². The average Bonchev–Trinajstić information content (AvgIpc) is 2.85. The highest BCUT2D eigenvalue weighted by Gasteiger charge is 2.31. The fourth-order valence-electron chi connectivity index (χ4n) is 1.99. The van der Waals surface area contributed by atoms with Crippen molar-refractivity contribution in [2.24, 2.45) is 0 Å². The first-order valence-electron chi connectivity index (χ1n) is 5.78. The van der Waals surface area contributed by atoms with Crippen LogP contribution in [0.15, 0.2) is 30.7 Å². The van der Waals surface area contributed by atoms with Crippen LogP contribution in [0.2, 0.25) is 0 Å². The summed E-state index contributed by atoms with van der Waals surface area (Å²) in [7, 11) is 0. The molecule has 4 nitrogen and oxygen atoms in total. The Morgan fingerprint density at radius 2 is 1.80 bits per heavy atom. The highest BCUT2D eigenvalue weighted by Crippen LogP contribution is 2.36. The summed E-state index contributed by atoms with van der Waals surface area (Å²) in [5.74, 6) is 0.559. The summed E-state index contributed by atoms with van der Waals surface area (Å²) < 4.78 is 38.7. The lowest BCUT2D eigenvalue weighted by Gasteiger charge is -2.10. The Bertz CT molecular complexity index is 765. The maximum atomic E-state index is 12.9. The SMILES string of the molecule is Cc1ncc(-c2cc(C(F)(F)F)cc3[nH]ncc23)cn1.[HH]. The molecule has 0 saturated carbocycles. The highest BCUT2D eigenvalue weighted by atomic mass is 19.4. The molecular weight excluding hydrogens is 269 g/mol. The monoisotopic (exact) mass is 280 g/mol. The summed E-state index contributed by atoms with van der Waals surface area (Å²) in [6.45, 7) is 1.71. The number of aromatic nitrogens is 4. The lowest BCUT2D eigenvalue weighted by Crippen LogP contribution is -2.05. The van der Waals surface area contributed by atoms with Crippen molar-refractivity contribution >= 4 is 10.9 Å². The van der Waals surface area contributed by atoms with E-state index >= 15 is 0 Å². The summed E-state index contributed by atoms with van der Waals surface area (Å²) >= 11 is 0. The number of hydrogen-bond donors (Lipinski definition) is 1. The van der Waals surface area contributed by atoms with Crippen molar-refractivity contribution in [3.8, 4) is 11.1 Å². The van der Waals surface area contributed by atoms with Gasteiger partial charge in [0, 0.05) is 24.8 Å². The second kappa shape index (κ2) is 4.29. The number of rotatable bonds is 1. The molecule has 0 amide bonds. The fourth-order valence-corrected chi connectivity index (χ4v) is 1.99. The van der Waals surface area contributed by atoms with Crippen LogP contribution in [0.25, 0.3) is 22.0 Å². The van der Waals surface area contributed by atoms with Gasteiger partial charge in [-0.05, 0) is 24.6 Å². The molecule has 0 bridgehead atoms. The van der Waals surface area contributed by atoms with E-state index in [1.165, 1.54) is 18.6 Å². The van der Waals surface area contributed by atoms with Gasteiger partial charge in [-0.1, -0.05) is 0 Å². The lowest BCUT2D eigenvalue weighted by atomic mass is 10.0. The van der Waals surface area contributed by atoms with Crippen LogP contribution in [0.3, 0.4) is 0 Å². The summed E-state index contributed by atoms with van der Waals surface area (Å²) in [5, 5.41) is 6.96. The third-order valence-electron chi connectivity index (χ3n) is 2.98. The minimum Gasteiger partial charge on any atom is -0.278 e. The van der Waals surface area contributed by atoms with Crippen LogP contribution < -0.4 is 0 Å². The summed E-state index contributed by atoms with van der Waals surface area (Å²) in [4.78, 5) is 8.03. The highest BCUT2D eigenvalue weighted by molar-refractivity contribution is 5.94. The van der Waals surface area contributed by atoms with E-state index in [0.29, 0.717) is 27.9 Å². The number of H-pyrrole nitrogens is 1. The number of alkyl halides is 3. The second-order valence-corrected chi connectivity index (χ2v) is 4.37. The van der Waals surface area contributed by atoms with Crippen LogP contribution in [0.4, 0.5) is 13.2 Å². The molecule has 20 heavy (non-hydrogen) atoms. The molecule has 2 aromatic heterocycles. The van der Waals surface area contributed by atoms with Crippen LogP contribution in [0.5, 0.6) is 0 Å². The van der Waals surface area contributed by atoms with Gasteiger partial charge in [0.15, 0.2) is 0 Å². The van der Waals surface area contributed by atoms with Crippen LogP contribution in [0.1, 0.15) is 12.8 Å². The average molecular weight is 280 g/mol. The Morgan fingerprint density at radius 1 is 1.10 bits per heavy atom. The Balaban J connectivity index is 0.00000161. The molecule has 0 aliphatic heterocycles. The zero-order chi connectivity index (χ0) is 14.3. The minimum absolute atomic E-state index is 0. The maximum absolute atomic E-state index is 12.9. The number of benzene rings is 1. The van der Waals surface area contributed by atoms with Crippen molar-refractivity contribution in [2.75, 3.05) is 0 Å². The molecule has 7 heteroatoms. The van der Waals surface area contributed by atoms with Gasteiger partial charge < -0.3 is 0 Å². The lowest BCUT2D eigenvalue weighted by molar-refractivity contribution is -0.137. The molecule has 0 unspecified atom stereocenters.